The lowest BCUT2D eigenvalue weighted by atomic mass is 10.3. The molecule has 5 heteroatoms. The van der Waals surface area contributed by atoms with Crippen molar-refractivity contribution in [2.45, 2.75) is 0 Å². The maximum atomic E-state index is 10.8. The number of hydrogen-bond donors (Lipinski definition) is 1. The van der Waals surface area contributed by atoms with Gasteiger partial charge < -0.3 is 9.15 Å². The van der Waals surface area contributed by atoms with Crippen LogP contribution in [0.1, 0.15) is 0 Å². The minimum absolute atomic E-state index is 0.137. The first-order valence-electron chi connectivity index (χ1n) is 4.00. The fourth-order valence-corrected chi connectivity index (χ4v) is 1.06. The lowest BCUT2D eigenvalue weighted by Crippen LogP contribution is -2.10. The van der Waals surface area contributed by atoms with E-state index in [9.17, 15) is 4.79 Å². The Bertz CT molecular complexity index is 431. The number of nitrogens with zero attached hydrogens (tertiary/aromatic N) is 1. The van der Waals surface area contributed by atoms with Crippen LogP contribution in [0.4, 0.5) is 10.8 Å². The van der Waals surface area contributed by atoms with Crippen LogP contribution in [0.5, 0.6) is 0 Å². The number of rotatable bonds is 1. The predicted molar refractivity (Wildman–Crippen MR) is 50.0 cm³/mol. The van der Waals surface area contributed by atoms with Gasteiger partial charge in [-0.05, 0) is 12.1 Å². The molecule has 14 heavy (non-hydrogen) atoms. The van der Waals surface area contributed by atoms with E-state index in [4.69, 9.17) is 4.42 Å². The summed E-state index contributed by atoms with van der Waals surface area (Å²) in [5, 5.41) is 2.34. The Labute approximate surface area is 79.7 Å². The summed E-state index contributed by atoms with van der Waals surface area (Å²) in [6.45, 7) is 0. The first-order chi connectivity index (χ1) is 6.79. The van der Waals surface area contributed by atoms with Crippen LogP contribution in [-0.2, 0) is 4.74 Å². The topological polar surface area (TPSA) is 64.4 Å². The molecular weight excluding hydrogens is 184 g/mol. The lowest BCUT2D eigenvalue weighted by Gasteiger charge is -1.95. The van der Waals surface area contributed by atoms with Crippen molar-refractivity contribution < 1.29 is 13.9 Å². The molecule has 1 heterocycles. The van der Waals surface area contributed by atoms with Crippen molar-refractivity contribution in [2.24, 2.45) is 0 Å². The number of oxazole rings is 1. The average Bonchev–Trinajstić information content (AvgIpc) is 2.59. The third-order valence-corrected chi connectivity index (χ3v) is 1.69. The van der Waals surface area contributed by atoms with Gasteiger partial charge in [-0.1, -0.05) is 12.1 Å². The number of fused-ring (bicyclic) bond motifs is 1. The van der Waals surface area contributed by atoms with Gasteiger partial charge in [0.2, 0.25) is 0 Å². The molecule has 0 bridgehead atoms. The number of anilines is 1. The molecule has 0 atom stereocenters. The smallest absolute Gasteiger partial charge is 0.414 e. The highest BCUT2D eigenvalue weighted by Crippen LogP contribution is 2.17. The van der Waals surface area contributed by atoms with Gasteiger partial charge in [0.15, 0.2) is 5.58 Å². The Morgan fingerprint density at radius 2 is 2.29 bits per heavy atom. The molecular formula is C9H8N2O3. The number of amides is 1. The lowest BCUT2D eigenvalue weighted by molar-refractivity contribution is 0.186. The number of hydrogen-bond acceptors (Lipinski definition) is 4. The zero-order valence-electron chi connectivity index (χ0n) is 7.48. The Morgan fingerprint density at radius 3 is 3.00 bits per heavy atom. The first-order valence-corrected chi connectivity index (χ1v) is 4.00. The molecule has 1 amide bonds. The Morgan fingerprint density at radius 1 is 1.50 bits per heavy atom. The minimum atomic E-state index is -0.600. The van der Waals surface area contributed by atoms with E-state index in [-0.39, 0.29) is 6.01 Å². The van der Waals surface area contributed by atoms with Crippen molar-refractivity contribution in [1.29, 1.82) is 0 Å². The molecule has 5 nitrogen and oxygen atoms in total. The molecule has 0 saturated carbocycles. The summed E-state index contributed by atoms with van der Waals surface area (Å²) < 4.78 is 9.62. The second kappa shape index (κ2) is 3.37. The van der Waals surface area contributed by atoms with E-state index < -0.39 is 6.09 Å². The Kier molecular flexibility index (Phi) is 2.06. The molecule has 1 aromatic heterocycles. The van der Waals surface area contributed by atoms with Crippen LogP contribution in [-0.4, -0.2) is 18.2 Å². The molecule has 0 spiro atoms. The van der Waals surface area contributed by atoms with Crippen LogP contribution < -0.4 is 5.32 Å². The monoisotopic (exact) mass is 192 g/mol. The van der Waals surface area contributed by atoms with E-state index >= 15 is 0 Å². The Hall–Kier alpha value is -2.04. The van der Waals surface area contributed by atoms with Gasteiger partial charge in [-0.25, -0.2) is 10.1 Å². The summed E-state index contributed by atoms with van der Waals surface area (Å²) in [4.78, 5) is 14.8. The third kappa shape index (κ3) is 1.52. The van der Waals surface area contributed by atoms with Crippen molar-refractivity contribution >= 4 is 23.2 Å². The van der Waals surface area contributed by atoms with Gasteiger partial charge in [0.1, 0.15) is 5.52 Å². The highest BCUT2D eigenvalue weighted by molar-refractivity contribution is 5.84. The SMILES string of the molecule is COC(=O)Nc1nc2ccccc2o1. The van der Waals surface area contributed by atoms with Crippen LogP contribution in [0.25, 0.3) is 11.1 Å². The van der Waals surface area contributed by atoms with Gasteiger partial charge in [-0.15, -0.1) is 0 Å². The van der Waals surface area contributed by atoms with Crippen LogP contribution in [0.2, 0.25) is 0 Å². The summed E-state index contributed by atoms with van der Waals surface area (Å²) in [7, 11) is 1.28. The molecule has 72 valence electrons. The third-order valence-electron chi connectivity index (χ3n) is 1.69. The maximum absolute atomic E-state index is 10.8. The van der Waals surface area contributed by atoms with Crippen molar-refractivity contribution in [1.82, 2.24) is 4.98 Å². The van der Waals surface area contributed by atoms with E-state index in [2.05, 4.69) is 15.0 Å². The van der Waals surface area contributed by atoms with Gasteiger partial charge in [-0.3, -0.25) is 0 Å². The minimum Gasteiger partial charge on any atom is -0.453 e. The molecule has 0 aliphatic carbocycles. The van der Waals surface area contributed by atoms with Crippen LogP contribution >= 0.6 is 0 Å². The quantitative estimate of drug-likeness (QED) is 0.750. The molecule has 0 saturated heterocycles. The number of carbonyl (C=O) groups excluding carboxylic acids is 1. The molecule has 0 aliphatic heterocycles. The van der Waals surface area contributed by atoms with Gasteiger partial charge in [0.25, 0.3) is 0 Å². The number of nitrogens with one attached hydrogen (secondary N) is 1. The highest BCUT2D eigenvalue weighted by Gasteiger charge is 2.07. The number of para-hydroxylation sites is 2. The summed E-state index contributed by atoms with van der Waals surface area (Å²) in [5.74, 6) is 0. The second-order valence-electron chi connectivity index (χ2n) is 2.60. The van der Waals surface area contributed by atoms with Gasteiger partial charge in [-0.2, -0.15) is 4.98 Å². The number of aromatic nitrogens is 1. The van der Waals surface area contributed by atoms with E-state index in [1.54, 1.807) is 12.1 Å². The van der Waals surface area contributed by atoms with Crippen molar-refractivity contribution in [3.05, 3.63) is 24.3 Å². The number of benzene rings is 1. The Balaban J connectivity index is 2.31. The van der Waals surface area contributed by atoms with Crippen LogP contribution in [0, 0.1) is 0 Å². The average molecular weight is 192 g/mol. The van der Waals surface area contributed by atoms with Crippen molar-refractivity contribution in [3.8, 4) is 0 Å². The maximum Gasteiger partial charge on any atom is 0.414 e. The molecule has 2 aromatic rings. The van der Waals surface area contributed by atoms with Crippen molar-refractivity contribution in [3.63, 3.8) is 0 Å². The van der Waals surface area contributed by atoms with Crippen molar-refractivity contribution in [2.75, 3.05) is 12.4 Å². The molecule has 0 aliphatic rings. The summed E-state index contributed by atoms with van der Waals surface area (Å²) in [5.41, 5.74) is 1.32. The number of ether oxygens (including phenoxy) is 1. The zero-order valence-corrected chi connectivity index (χ0v) is 7.48. The van der Waals surface area contributed by atoms with E-state index in [1.807, 2.05) is 12.1 Å². The summed E-state index contributed by atoms with van der Waals surface area (Å²) in [6.07, 6.45) is -0.600. The molecule has 1 N–H and O–H groups in total. The summed E-state index contributed by atoms with van der Waals surface area (Å²) in [6, 6.07) is 7.37. The van der Waals surface area contributed by atoms with E-state index in [1.165, 1.54) is 7.11 Å². The van der Waals surface area contributed by atoms with Gasteiger partial charge >= 0.3 is 12.1 Å². The summed E-state index contributed by atoms with van der Waals surface area (Å²) >= 11 is 0. The number of methoxy groups -OCH3 is 1. The predicted octanol–water partition coefficient (Wildman–Crippen LogP) is 2.01. The normalized spacial score (nSPS) is 10.1. The number of carbonyl (C=O) groups is 1. The second-order valence-corrected chi connectivity index (χ2v) is 2.60. The molecule has 0 fully saturated rings. The highest BCUT2D eigenvalue weighted by atomic mass is 16.5. The largest absolute Gasteiger partial charge is 0.453 e. The van der Waals surface area contributed by atoms with E-state index in [0.29, 0.717) is 11.1 Å². The molecule has 0 radical (unpaired) electrons. The molecule has 2 rings (SSSR count). The fourth-order valence-electron chi connectivity index (χ4n) is 1.06. The van der Waals surface area contributed by atoms with Crippen LogP contribution in [0.15, 0.2) is 28.7 Å². The first kappa shape index (κ1) is 8.55. The fraction of sp³-hybridized carbons (Fsp3) is 0.111. The van der Waals surface area contributed by atoms with Gasteiger partial charge in [0.05, 0.1) is 7.11 Å². The van der Waals surface area contributed by atoms with Gasteiger partial charge in [0, 0.05) is 0 Å². The standard InChI is InChI=1S/C9H8N2O3/c1-13-9(12)11-8-10-6-4-2-3-5-7(6)14-8/h2-5H,1H3,(H,10,11,12). The zero-order chi connectivity index (χ0) is 9.97. The molecule has 1 aromatic carbocycles. The van der Waals surface area contributed by atoms with Crippen LogP contribution in [0.3, 0.4) is 0 Å². The molecule has 0 unspecified atom stereocenters. The van der Waals surface area contributed by atoms with E-state index in [0.717, 1.165) is 0 Å².